The Morgan fingerprint density at radius 2 is 1.56 bits per heavy atom. The van der Waals surface area contributed by atoms with Crippen LogP contribution in [0.2, 0.25) is 0 Å². The molecule has 0 aliphatic carbocycles. The Balaban J connectivity index is 3.25. The predicted octanol–water partition coefficient (Wildman–Crippen LogP) is 1.10. The highest BCUT2D eigenvalue weighted by atomic mass is 24.4. The lowest BCUT2D eigenvalue weighted by atomic mass is 10.1. The second-order valence-corrected chi connectivity index (χ2v) is 3.08. The van der Waals surface area contributed by atoms with Crippen molar-refractivity contribution in [2.75, 3.05) is 0 Å². The lowest BCUT2D eigenvalue weighted by Gasteiger charge is -2.04. The maximum Gasteiger partial charge on any atom is 0.277 e. The van der Waals surface area contributed by atoms with Crippen molar-refractivity contribution >= 4 is 25.4 Å². The molecule has 0 saturated carbocycles. The van der Waals surface area contributed by atoms with Crippen LogP contribution in [0.25, 0.3) is 0 Å². The first-order chi connectivity index (χ1) is 4.22. The average molecular weight is 129 g/mol. The van der Waals surface area contributed by atoms with Crippen LogP contribution in [-0.4, -0.2) is 21.7 Å². The smallest absolute Gasteiger partial charge is 0.202 e. The Morgan fingerprint density at radius 1 is 1.11 bits per heavy atom. The van der Waals surface area contributed by atoms with Gasteiger partial charge in [-0.25, -0.2) is 3.69 Å². The normalized spacial score (nSPS) is 9.44. The van der Waals surface area contributed by atoms with Crippen molar-refractivity contribution < 1.29 is 0 Å². The van der Waals surface area contributed by atoms with Crippen LogP contribution in [-0.2, 0) is 0 Å². The van der Waals surface area contributed by atoms with Crippen molar-refractivity contribution in [3.63, 3.8) is 0 Å². The van der Waals surface area contributed by atoms with Gasteiger partial charge in [0, 0.05) is 0 Å². The van der Waals surface area contributed by atoms with E-state index in [-0.39, 0.29) is 0 Å². The van der Waals surface area contributed by atoms with Gasteiger partial charge in [-0.2, -0.15) is 0 Å². The zero-order valence-corrected chi connectivity index (χ0v) is 7.35. The number of rotatable bonds is 0. The Morgan fingerprint density at radius 3 is 1.89 bits per heavy atom. The average Bonchev–Trinajstić information content (AvgIpc) is 1.83. The molecule has 1 rings (SSSR count). The lowest BCUT2D eigenvalue weighted by molar-refractivity contribution is 1.43. The van der Waals surface area contributed by atoms with Gasteiger partial charge in [0.05, 0.1) is 0 Å². The SMILES string of the molecule is Cc1cccc(C)[c]1[Mg]. The van der Waals surface area contributed by atoms with E-state index in [9.17, 15) is 0 Å². The van der Waals surface area contributed by atoms with Crippen LogP contribution in [0.5, 0.6) is 0 Å². The predicted molar refractivity (Wildman–Crippen MR) is 41.3 cm³/mol. The van der Waals surface area contributed by atoms with Gasteiger partial charge in [0.25, 0.3) is 21.7 Å². The molecule has 1 aromatic rings. The van der Waals surface area contributed by atoms with E-state index in [4.69, 9.17) is 0 Å². The van der Waals surface area contributed by atoms with E-state index in [0.29, 0.717) is 0 Å². The Kier molecular flexibility index (Phi) is 2.14. The van der Waals surface area contributed by atoms with Crippen molar-refractivity contribution in [1.82, 2.24) is 0 Å². The van der Waals surface area contributed by atoms with E-state index in [1.165, 1.54) is 14.8 Å². The molecule has 1 radical (unpaired) electrons. The molecule has 0 N–H and O–H groups in total. The van der Waals surface area contributed by atoms with Gasteiger partial charge in [-0.1, -0.05) is 29.3 Å². The second kappa shape index (κ2) is 2.71. The minimum atomic E-state index is 1.40. The number of aryl methyl sites for hydroxylation is 2. The highest BCUT2D eigenvalue weighted by Gasteiger charge is 1.89. The fourth-order valence-electron chi connectivity index (χ4n) is 0.849. The summed E-state index contributed by atoms with van der Waals surface area (Å²) in [6.07, 6.45) is 0. The molecule has 1 aromatic carbocycles. The molecule has 0 saturated heterocycles. The fraction of sp³-hybridized carbons (Fsp3) is 0.250. The summed E-state index contributed by atoms with van der Waals surface area (Å²) in [4.78, 5) is 0. The van der Waals surface area contributed by atoms with Crippen molar-refractivity contribution in [1.29, 1.82) is 0 Å². The maximum atomic E-state index is 2.15. The summed E-state index contributed by atoms with van der Waals surface area (Å²) in [6.45, 7) is 4.30. The van der Waals surface area contributed by atoms with Crippen molar-refractivity contribution in [3.05, 3.63) is 29.3 Å². The summed E-state index contributed by atoms with van der Waals surface area (Å²) in [5.74, 6) is 0. The number of benzene rings is 1. The Bertz CT molecular complexity index is 196. The molecule has 0 aliphatic heterocycles. The molecule has 43 valence electrons. The third kappa shape index (κ3) is 1.46. The molecule has 0 aromatic heterocycles. The number of hydrogen-bond acceptors (Lipinski definition) is 0. The quantitative estimate of drug-likeness (QED) is 0.460. The number of hydrogen-bond donors (Lipinski definition) is 0. The van der Waals surface area contributed by atoms with Crippen LogP contribution in [0.4, 0.5) is 0 Å². The molecule has 0 atom stereocenters. The van der Waals surface area contributed by atoms with Gasteiger partial charge in [0.1, 0.15) is 0 Å². The Hall–Kier alpha value is -0.0138. The van der Waals surface area contributed by atoms with Gasteiger partial charge in [-0.15, -0.1) is 0 Å². The van der Waals surface area contributed by atoms with E-state index in [2.05, 4.69) is 32.0 Å². The molecule has 0 unspecified atom stereocenters. The van der Waals surface area contributed by atoms with E-state index in [1.54, 1.807) is 0 Å². The summed E-state index contributed by atoms with van der Waals surface area (Å²) in [5.41, 5.74) is 2.79. The third-order valence-corrected chi connectivity index (χ3v) is 2.76. The lowest BCUT2D eigenvalue weighted by Crippen LogP contribution is -2.10. The highest BCUT2D eigenvalue weighted by molar-refractivity contribution is 6.34. The van der Waals surface area contributed by atoms with Crippen LogP contribution >= 0.6 is 0 Å². The van der Waals surface area contributed by atoms with E-state index in [1.807, 2.05) is 21.7 Å². The van der Waals surface area contributed by atoms with Crippen LogP contribution in [0.1, 0.15) is 11.1 Å². The summed E-state index contributed by atoms with van der Waals surface area (Å²) in [7, 11) is 0. The first-order valence-electron chi connectivity index (χ1n) is 3.10. The van der Waals surface area contributed by atoms with Gasteiger partial charge in [0.2, 0.25) is 0 Å². The van der Waals surface area contributed by atoms with Gasteiger partial charge < -0.3 is 0 Å². The third-order valence-electron chi connectivity index (χ3n) is 1.64. The van der Waals surface area contributed by atoms with Crippen LogP contribution in [0, 0.1) is 13.8 Å². The first-order valence-corrected chi connectivity index (χ1v) is 3.80. The van der Waals surface area contributed by atoms with Crippen molar-refractivity contribution in [3.8, 4) is 0 Å². The second-order valence-electron chi connectivity index (χ2n) is 2.37. The fourth-order valence-corrected chi connectivity index (χ4v) is 1.08. The van der Waals surface area contributed by atoms with Gasteiger partial charge >= 0.3 is 0 Å². The summed E-state index contributed by atoms with van der Waals surface area (Å²) in [5, 5.41) is 0. The topological polar surface area (TPSA) is 0 Å². The zero-order valence-electron chi connectivity index (χ0n) is 5.94. The van der Waals surface area contributed by atoms with Crippen LogP contribution < -0.4 is 3.69 Å². The first kappa shape index (κ1) is 7.10. The van der Waals surface area contributed by atoms with Crippen molar-refractivity contribution in [2.45, 2.75) is 13.8 Å². The summed E-state index contributed by atoms with van der Waals surface area (Å²) < 4.78 is 1.44. The van der Waals surface area contributed by atoms with E-state index < -0.39 is 0 Å². The highest BCUT2D eigenvalue weighted by Crippen LogP contribution is 1.96. The molecule has 0 nitrogen and oxygen atoms in total. The van der Waals surface area contributed by atoms with Crippen LogP contribution in [0.3, 0.4) is 0 Å². The summed E-state index contributed by atoms with van der Waals surface area (Å²) in [6, 6.07) is 6.40. The molecule has 0 bridgehead atoms. The molecule has 0 aliphatic rings. The Labute approximate surface area is 68.7 Å². The molecular formula is C8H9Mg. The van der Waals surface area contributed by atoms with Crippen LogP contribution in [0.15, 0.2) is 18.2 Å². The monoisotopic (exact) mass is 129 g/mol. The minimum Gasteiger partial charge on any atom is -0.202 e. The summed E-state index contributed by atoms with van der Waals surface area (Å²) >= 11 is 1.96. The molecule has 0 fully saturated rings. The van der Waals surface area contributed by atoms with Crippen molar-refractivity contribution in [2.24, 2.45) is 0 Å². The molecule has 1 heteroatoms. The standard InChI is InChI=1S/C8H9.Mg/c1-7-4-3-5-8(2)6-7;/h3-5H,1-2H3;. The minimum absolute atomic E-state index is 1.40. The molecule has 0 heterocycles. The maximum absolute atomic E-state index is 2.15. The van der Waals surface area contributed by atoms with E-state index in [0.717, 1.165) is 0 Å². The van der Waals surface area contributed by atoms with Gasteiger partial charge in [-0.3, -0.25) is 0 Å². The molecule has 0 spiro atoms. The van der Waals surface area contributed by atoms with E-state index >= 15 is 0 Å². The van der Waals surface area contributed by atoms with Gasteiger partial charge in [0.15, 0.2) is 0 Å². The van der Waals surface area contributed by atoms with Gasteiger partial charge in [-0.05, 0) is 13.8 Å². The molecular weight excluding hydrogens is 120 g/mol. The largest absolute Gasteiger partial charge is 0.277 e. The zero-order chi connectivity index (χ0) is 6.85. The molecule has 9 heavy (non-hydrogen) atoms. The molecule has 0 amide bonds.